The third-order valence-corrected chi connectivity index (χ3v) is 6.45. The van der Waals surface area contributed by atoms with Crippen molar-refractivity contribution in [3.63, 3.8) is 0 Å². The summed E-state index contributed by atoms with van der Waals surface area (Å²) in [4.78, 5) is 13.2. The highest BCUT2D eigenvalue weighted by molar-refractivity contribution is 6.30. The Kier molecular flexibility index (Phi) is 4.79. The highest BCUT2D eigenvalue weighted by atomic mass is 35.5. The van der Waals surface area contributed by atoms with E-state index in [-0.39, 0.29) is 5.78 Å². The Labute approximate surface area is 181 Å². The third-order valence-electron chi connectivity index (χ3n) is 6.20. The Bertz CT molecular complexity index is 1240. The van der Waals surface area contributed by atoms with Gasteiger partial charge in [0.25, 0.3) is 0 Å². The van der Waals surface area contributed by atoms with Crippen LogP contribution in [0.3, 0.4) is 0 Å². The molecule has 0 unspecified atom stereocenters. The number of nitrogens with zero attached hydrogens (tertiary/aromatic N) is 2. The van der Waals surface area contributed by atoms with Crippen molar-refractivity contribution in [2.24, 2.45) is 0 Å². The number of rotatable bonds is 4. The van der Waals surface area contributed by atoms with E-state index in [9.17, 15) is 4.79 Å². The minimum Gasteiger partial charge on any atom is -0.325 e. The first-order valence-corrected chi connectivity index (χ1v) is 11.1. The molecule has 0 aliphatic carbocycles. The van der Waals surface area contributed by atoms with Crippen molar-refractivity contribution in [1.82, 2.24) is 8.97 Å². The first kappa shape index (κ1) is 19.2. The second-order valence-electron chi connectivity index (χ2n) is 8.17. The van der Waals surface area contributed by atoms with Gasteiger partial charge in [-0.2, -0.15) is 0 Å². The van der Waals surface area contributed by atoms with Gasteiger partial charge >= 0.3 is 0 Å². The Balaban J connectivity index is 1.84. The first-order chi connectivity index (χ1) is 14.6. The van der Waals surface area contributed by atoms with Crippen LogP contribution in [-0.4, -0.2) is 14.8 Å². The van der Waals surface area contributed by atoms with Crippen LogP contribution >= 0.6 is 11.6 Å². The van der Waals surface area contributed by atoms with Gasteiger partial charge in [0.15, 0.2) is 5.78 Å². The lowest BCUT2D eigenvalue weighted by molar-refractivity contribution is 0.0983. The van der Waals surface area contributed by atoms with E-state index in [2.05, 4.69) is 58.5 Å². The summed E-state index contributed by atoms with van der Waals surface area (Å²) >= 11 is 6.12. The molecule has 0 amide bonds. The zero-order valence-corrected chi connectivity index (χ0v) is 18.2. The average molecular weight is 417 g/mol. The molecule has 0 fully saturated rings. The van der Waals surface area contributed by atoms with Crippen LogP contribution in [0.1, 0.15) is 47.8 Å². The molecule has 3 nitrogen and oxygen atoms in total. The van der Waals surface area contributed by atoms with Crippen LogP contribution in [0.25, 0.3) is 28.0 Å². The fourth-order valence-corrected chi connectivity index (χ4v) is 4.84. The zero-order chi connectivity index (χ0) is 20.8. The van der Waals surface area contributed by atoms with Crippen molar-refractivity contribution < 1.29 is 4.79 Å². The molecule has 0 saturated carbocycles. The molecule has 0 bridgehead atoms. The van der Waals surface area contributed by atoms with Gasteiger partial charge in [0.1, 0.15) is 5.65 Å². The molecule has 152 valence electrons. The van der Waals surface area contributed by atoms with E-state index in [0.29, 0.717) is 6.42 Å². The summed E-state index contributed by atoms with van der Waals surface area (Å²) in [6.45, 7) is 5.00. The summed E-state index contributed by atoms with van der Waals surface area (Å²) in [5, 5.41) is 0.733. The molecule has 1 aliphatic rings. The van der Waals surface area contributed by atoms with Crippen molar-refractivity contribution in [3.05, 3.63) is 76.6 Å². The maximum absolute atomic E-state index is 13.2. The van der Waals surface area contributed by atoms with Gasteiger partial charge in [0.05, 0.1) is 11.4 Å². The Morgan fingerprint density at radius 1 is 1.00 bits per heavy atom. The van der Waals surface area contributed by atoms with Crippen LogP contribution < -0.4 is 0 Å². The normalized spacial score (nSPS) is 13.6. The third kappa shape index (κ3) is 3.00. The summed E-state index contributed by atoms with van der Waals surface area (Å²) in [5.74, 6) is 0.187. The molecule has 0 spiro atoms. The Hall–Kier alpha value is -2.78. The molecule has 4 aromatic rings. The van der Waals surface area contributed by atoms with E-state index in [1.807, 2.05) is 19.1 Å². The molecule has 1 aliphatic heterocycles. The number of Topliss-reactive ketones (excluding diaryl/α,β-unsaturated/α-hetero) is 1. The number of benzene rings is 2. The molecule has 3 heterocycles. The number of hydrogen-bond donors (Lipinski definition) is 0. The number of carbonyl (C=O) groups excluding carboxylic acids is 1. The summed E-state index contributed by atoms with van der Waals surface area (Å²) in [6, 6.07) is 16.6. The number of carbonyl (C=O) groups is 1. The molecule has 0 radical (unpaired) electrons. The number of ketones is 1. The Morgan fingerprint density at radius 3 is 2.40 bits per heavy atom. The average Bonchev–Trinajstić information content (AvgIpc) is 3.17. The number of halogens is 1. The molecule has 2 aromatic carbocycles. The topological polar surface area (TPSA) is 26.4 Å². The van der Waals surface area contributed by atoms with Gasteiger partial charge in [-0.1, -0.05) is 60.5 Å². The van der Waals surface area contributed by atoms with Crippen LogP contribution in [0, 0.1) is 6.92 Å². The fraction of sp³-hybridized carbons (Fsp3) is 0.269. The lowest BCUT2D eigenvalue weighted by atomic mass is 9.95. The molecule has 0 atom stereocenters. The van der Waals surface area contributed by atoms with E-state index in [1.165, 1.54) is 16.8 Å². The highest BCUT2D eigenvalue weighted by Gasteiger charge is 2.28. The maximum atomic E-state index is 13.2. The summed E-state index contributed by atoms with van der Waals surface area (Å²) in [5.41, 5.74) is 9.05. The number of aryl methyl sites for hydroxylation is 3. The van der Waals surface area contributed by atoms with E-state index >= 15 is 0 Å². The Morgan fingerprint density at radius 2 is 1.70 bits per heavy atom. The quantitative estimate of drug-likeness (QED) is 0.330. The van der Waals surface area contributed by atoms with Crippen molar-refractivity contribution in [2.75, 3.05) is 0 Å². The fourth-order valence-electron chi connectivity index (χ4n) is 4.71. The molecule has 0 saturated heterocycles. The van der Waals surface area contributed by atoms with Crippen LogP contribution in [0.5, 0.6) is 0 Å². The van der Waals surface area contributed by atoms with Crippen LogP contribution in [0.4, 0.5) is 0 Å². The van der Waals surface area contributed by atoms with Gasteiger partial charge in [-0.3, -0.25) is 9.20 Å². The van der Waals surface area contributed by atoms with E-state index in [0.717, 1.165) is 58.9 Å². The lowest BCUT2D eigenvalue weighted by Crippen LogP contribution is -2.03. The number of imidazole rings is 1. The molecular weight excluding hydrogens is 392 g/mol. The van der Waals surface area contributed by atoms with Gasteiger partial charge in [0, 0.05) is 35.3 Å². The van der Waals surface area contributed by atoms with Gasteiger partial charge in [-0.05, 0) is 49.4 Å². The van der Waals surface area contributed by atoms with E-state index in [1.54, 1.807) is 0 Å². The summed E-state index contributed by atoms with van der Waals surface area (Å²) < 4.78 is 4.56. The summed E-state index contributed by atoms with van der Waals surface area (Å²) in [7, 11) is 0. The second-order valence-corrected chi connectivity index (χ2v) is 8.60. The highest BCUT2D eigenvalue weighted by Crippen LogP contribution is 2.40. The van der Waals surface area contributed by atoms with Gasteiger partial charge in [-0.25, -0.2) is 0 Å². The van der Waals surface area contributed by atoms with Crippen LogP contribution in [0.2, 0.25) is 5.02 Å². The maximum Gasteiger partial charge on any atom is 0.179 e. The van der Waals surface area contributed by atoms with E-state index < -0.39 is 0 Å². The van der Waals surface area contributed by atoms with Crippen LogP contribution in [0.15, 0.2) is 54.7 Å². The van der Waals surface area contributed by atoms with Crippen molar-refractivity contribution in [1.29, 1.82) is 0 Å². The molecule has 30 heavy (non-hydrogen) atoms. The number of aromatic nitrogens is 2. The summed E-state index contributed by atoms with van der Waals surface area (Å²) in [6.07, 6.45) is 5.89. The minimum absolute atomic E-state index is 0.187. The van der Waals surface area contributed by atoms with Gasteiger partial charge in [-0.15, -0.1) is 0 Å². The smallest absolute Gasteiger partial charge is 0.179 e. The van der Waals surface area contributed by atoms with Crippen molar-refractivity contribution in [3.8, 4) is 22.4 Å². The minimum atomic E-state index is 0.187. The SMILES string of the molecule is CCC(=O)c1c(-c2ccc(C)cc2)c2c3n(c(-c4ccc(Cl)cc4)cn13)CCCC2. The van der Waals surface area contributed by atoms with E-state index in [4.69, 9.17) is 11.6 Å². The van der Waals surface area contributed by atoms with Crippen LogP contribution in [-0.2, 0) is 13.0 Å². The largest absolute Gasteiger partial charge is 0.325 e. The zero-order valence-electron chi connectivity index (χ0n) is 17.4. The van der Waals surface area contributed by atoms with Gasteiger partial charge in [0.2, 0.25) is 0 Å². The molecule has 2 aromatic heterocycles. The molecule has 0 N–H and O–H groups in total. The molecular formula is C26H25ClN2O. The molecule has 5 rings (SSSR count). The molecule has 4 heteroatoms. The van der Waals surface area contributed by atoms with Crippen molar-refractivity contribution in [2.45, 2.75) is 46.1 Å². The monoisotopic (exact) mass is 416 g/mol. The number of hydrogen-bond acceptors (Lipinski definition) is 1. The van der Waals surface area contributed by atoms with Gasteiger partial charge < -0.3 is 4.57 Å². The second kappa shape index (κ2) is 7.48. The standard InChI is InChI=1S/C26H25ClN2O/c1-3-23(30)25-24(19-9-7-17(2)8-10-19)21-6-4-5-15-28-22(16-29(25)26(21)28)18-11-13-20(27)14-12-18/h7-14,16H,3-6,15H2,1-2H3. The predicted octanol–water partition coefficient (Wildman–Crippen LogP) is 6.97. The first-order valence-electron chi connectivity index (χ1n) is 10.7. The van der Waals surface area contributed by atoms with Crippen molar-refractivity contribution >= 4 is 23.0 Å². The lowest BCUT2D eigenvalue weighted by Gasteiger charge is -2.09. The predicted molar refractivity (Wildman–Crippen MR) is 124 cm³/mol.